The summed E-state index contributed by atoms with van der Waals surface area (Å²) in [5.41, 5.74) is 0.703. The Morgan fingerprint density at radius 1 is 0.966 bits per heavy atom. The normalized spacial score (nSPS) is 14.5. The molecule has 2 aromatic carbocycles. The predicted molar refractivity (Wildman–Crippen MR) is 111 cm³/mol. The standard InChI is InChI=1S/C20H22F3N3O2S/c1-27-17-7-6-15(13-18(17)28-2)24-19(29)26-10-8-25(9-11-26)16-5-3-4-14(12-16)20(21,22)23/h3-7,12-13H,8-11H2,1-2H3,(H,24,29). The molecule has 0 bridgehead atoms. The van der Waals surface area contributed by atoms with Crippen LogP contribution in [0.5, 0.6) is 11.5 Å². The van der Waals surface area contributed by atoms with E-state index in [0.29, 0.717) is 48.5 Å². The lowest BCUT2D eigenvalue weighted by molar-refractivity contribution is -0.137. The van der Waals surface area contributed by atoms with Crippen LogP contribution in [0.15, 0.2) is 42.5 Å². The number of thiocarbonyl (C=S) groups is 1. The second-order valence-corrected chi connectivity index (χ2v) is 6.91. The average Bonchev–Trinajstić information content (AvgIpc) is 2.73. The summed E-state index contributed by atoms with van der Waals surface area (Å²) in [6.45, 7) is 2.37. The Morgan fingerprint density at radius 3 is 2.28 bits per heavy atom. The summed E-state index contributed by atoms with van der Waals surface area (Å²) in [6.07, 6.45) is -4.34. The van der Waals surface area contributed by atoms with Crippen LogP contribution in [0.4, 0.5) is 24.5 Å². The molecule has 0 atom stereocenters. The molecule has 1 aliphatic heterocycles. The number of ether oxygens (including phenoxy) is 2. The van der Waals surface area contributed by atoms with Gasteiger partial charge in [0.1, 0.15) is 0 Å². The number of hydrogen-bond donors (Lipinski definition) is 1. The Kier molecular flexibility index (Phi) is 6.36. The molecule has 0 aromatic heterocycles. The number of methoxy groups -OCH3 is 2. The van der Waals surface area contributed by atoms with Crippen molar-refractivity contribution in [3.05, 3.63) is 48.0 Å². The zero-order valence-corrected chi connectivity index (χ0v) is 16.9. The molecule has 0 aliphatic carbocycles. The maximum Gasteiger partial charge on any atom is 0.416 e. The molecule has 0 amide bonds. The minimum absolute atomic E-state index is 0.556. The van der Waals surface area contributed by atoms with Crippen molar-refractivity contribution in [2.45, 2.75) is 6.18 Å². The van der Waals surface area contributed by atoms with Crippen LogP contribution in [0, 0.1) is 0 Å². The SMILES string of the molecule is COc1ccc(NC(=S)N2CCN(c3cccc(C(F)(F)F)c3)CC2)cc1OC. The summed E-state index contributed by atoms with van der Waals surface area (Å²) in [4.78, 5) is 3.93. The average molecular weight is 425 g/mol. The first-order chi connectivity index (χ1) is 13.8. The van der Waals surface area contributed by atoms with Crippen LogP contribution in [0.1, 0.15) is 5.56 Å². The van der Waals surface area contributed by atoms with E-state index in [9.17, 15) is 13.2 Å². The Hall–Kier alpha value is -2.68. The lowest BCUT2D eigenvalue weighted by Gasteiger charge is -2.37. The van der Waals surface area contributed by atoms with Gasteiger partial charge in [0.2, 0.25) is 0 Å². The van der Waals surface area contributed by atoms with Crippen LogP contribution in [0.25, 0.3) is 0 Å². The number of piperazine rings is 1. The third kappa shape index (κ3) is 5.03. The molecule has 1 fully saturated rings. The van der Waals surface area contributed by atoms with Crippen molar-refractivity contribution in [1.29, 1.82) is 0 Å². The summed E-state index contributed by atoms with van der Waals surface area (Å²) in [7, 11) is 3.13. The third-order valence-electron chi connectivity index (χ3n) is 4.74. The van der Waals surface area contributed by atoms with Gasteiger partial charge in [-0.1, -0.05) is 6.07 Å². The van der Waals surface area contributed by atoms with Crippen molar-refractivity contribution in [1.82, 2.24) is 4.90 Å². The fourth-order valence-corrected chi connectivity index (χ4v) is 3.46. The van der Waals surface area contributed by atoms with E-state index in [2.05, 4.69) is 5.32 Å². The van der Waals surface area contributed by atoms with Crippen LogP contribution in [-0.4, -0.2) is 50.4 Å². The quantitative estimate of drug-likeness (QED) is 0.739. The first-order valence-electron chi connectivity index (χ1n) is 9.02. The van der Waals surface area contributed by atoms with Gasteiger partial charge in [0.15, 0.2) is 16.6 Å². The molecule has 1 aliphatic rings. The van der Waals surface area contributed by atoms with Crippen molar-refractivity contribution < 1.29 is 22.6 Å². The van der Waals surface area contributed by atoms with Crippen molar-refractivity contribution in [3.63, 3.8) is 0 Å². The lowest BCUT2D eigenvalue weighted by atomic mass is 10.1. The molecule has 0 unspecified atom stereocenters. The summed E-state index contributed by atoms with van der Waals surface area (Å²) in [5.74, 6) is 1.22. The van der Waals surface area contributed by atoms with Gasteiger partial charge in [-0.2, -0.15) is 13.2 Å². The monoisotopic (exact) mass is 425 g/mol. The number of rotatable bonds is 4. The fraction of sp³-hybridized carbons (Fsp3) is 0.350. The molecule has 29 heavy (non-hydrogen) atoms. The van der Waals surface area contributed by atoms with Gasteiger partial charge in [0.25, 0.3) is 0 Å². The van der Waals surface area contributed by atoms with Gasteiger partial charge in [-0.25, -0.2) is 0 Å². The van der Waals surface area contributed by atoms with Gasteiger partial charge in [-0.15, -0.1) is 0 Å². The minimum Gasteiger partial charge on any atom is -0.493 e. The first-order valence-corrected chi connectivity index (χ1v) is 9.43. The lowest BCUT2D eigenvalue weighted by Crippen LogP contribution is -2.50. The molecule has 0 saturated carbocycles. The van der Waals surface area contributed by atoms with Gasteiger partial charge in [0.05, 0.1) is 19.8 Å². The Labute approximate surface area is 173 Å². The molecule has 9 heteroatoms. The van der Waals surface area contributed by atoms with E-state index in [-0.39, 0.29) is 0 Å². The molecule has 1 heterocycles. The molecule has 156 valence electrons. The van der Waals surface area contributed by atoms with Gasteiger partial charge in [0, 0.05) is 43.6 Å². The van der Waals surface area contributed by atoms with Crippen LogP contribution < -0.4 is 19.7 Å². The summed E-state index contributed by atoms with van der Waals surface area (Å²) in [6, 6.07) is 10.8. The molecule has 0 radical (unpaired) electrons. The molecule has 3 rings (SSSR count). The van der Waals surface area contributed by atoms with Gasteiger partial charge >= 0.3 is 6.18 Å². The zero-order valence-electron chi connectivity index (χ0n) is 16.1. The smallest absolute Gasteiger partial charge is 0.416 e. The highest BCUT2D eigenvalue weighted by Crippen LogP contribution is 2.32. The van der Waals surface area contributed by atoms with Crippen LogP contribution >= 0.6 is 12.2 Å². The molecule has 1 N–H and O–H groups in total. The molecule has 2 aromatic rings. The van der Waals surface area contributed by atoms with E-state index < -0.39 is 11.7 Å². The highest BCUT2D eigenvalue weighted by molar-refractivity contribution is 7.80. The second kappa shape index (κ2) is 8.77. The highest BCUT2D eigenvalue weighted by atomic mass is 32.1. The molecule has 5 nitrogen and oxygen atoms in total. The number of hydrogen-bond acceptors (Lipinski definition) is 4. The van der Waals surface area contributed by atoms with Gasteiger partial charge < -0.3 is 24.6 Å². The maximum absolute atomic E-state index is 12.9. The largest absolute Gasteiger partial charge is 0.493 e. The van der Waals surface area contributed by atoms with Crippen molar-refractivity contribution >= 4 is 28.7 Å². The first kappa shape index (κ1) is 21.0. The highest BCUT2D eigenvalue weighted by Gasteiger charge is 2.31. The van der Waals surface area contributed by atoms with Crippen LogP contribution in [0.3, 0.4) is 0 Å². The van der Waals surface area contributed by atoms with E-state index >= 15 is 0 Å². The number of nitrogens with one attached hydrogen (secondary N) is 1. The van der Waals surface area contributed by atoms with Gasteiger partial charge in [-0.3, -0.25) is 0 Å². The van der Waals surface area contributed by atoms with Crippen molar-refractivity contribution in [3.8, 4) is 11.5 Å². The Balaban J connectivity index is 1.60. The van der Waals surface area contributed by atoms with Crippen LogP contribution in [-0.2, 0) is 6.18 Å². The van der Waals surface area contributed by atoms with E-state index in [4.69, 9.17) is 21.7 Å². The number of anilines is 2. The zero-order chi connectivity index (χ0) is 21.0. The predicted octanol–water partition coefficient (Wildman–Crippen LogP) is 4.24. The van der Waals surface area contributed by atoms with E-state index in [1.165, 1.54) is 12.1 Å². The molecular weight excluding hydrogens is 403 g/mol. The number of halogens is 3. The Morgan fingerprint density at radius 2 is 1.66 bits per heavy atom. The topological polar surface area (TPSA) is 37.0 Å². The summed E-state index contributed by atoms with van der Waals surface area (Å²) < 4.78 is 49.3. The van der Waals surface area contributed by atoms with Gasteiger partial charge in [-0.05, 0) is 42.5 Å². The number of benzene rings is 2. The third-order valence-corrected chi connectivity index (χ3v) is 5.10. The van der Waals surface area contributed by atoms with Crippen molar-refractivity contribution in [2.24, 2.45) is 0 Å². The van der Waals surface area contributed by atoms with Crippen molar-refractivity contribution in [2.75, 3.05) is 50.6 Å². The van der Waals surface area contributed by atoms with E-state index in [1.807, 2.05) is 15.9 Å². The van der Waals surface area contributed by atoms with E-state index in [1.54, 1.807) is 32.4 Å². The minimum atomic E-state index is -4.34. The number of alkyl halides is 3. The Bertz CT molecular complexity index is 868. The second-order valence-electron chi connectivity index (χ2n) is 6.52. The number of nitrogens with zero attached hydrogens (tertiary/aromatic N) is 2. The maximum atomic E-state index is 12.9. The van der Waals surface area contributed by atoms with E-state index in [0.717, 1.165) is 11.8 Å². The molecule has 1 saturated heterocycles. The molecule has 0 spiro atoms. The summed E-state index contributed by atoms with van der Waals surface area (Å²) >= 11 is 5.50. The molecular formula is C20H22F3N3O2S. The van der Waals surface area contributed by atoms with Crippen LogP contribution in [0.2, 0.25) is 0 Å². The summed E-state index contributed by atoms with van der Waals surface area (Å²) in [5, 5.41) is 3.73. The fourth-order valence-electron chi connectivity index (χ4n) is 3.16.